The fourth-order valence-corrected chi connectivity index (χ4v) is 4.95. The van der Waals surface area contributed by atoms with Gasteiger partial charge in [-0.3, -0.25) is 4.48 Å². The largest absolute Gasteiger partial charge is 0.257 e. The third-order valence-electron chi connectivity index (χ3n) is 6.91. The molecule has 0 spiro atoms. The molecule has 0 aliphatic rings. The second kappa shape index (κ2) is 15.3. The molecular weight excluding hydrogens is 426 g/mol. The Hall–Kier alpha value is -2.78. The lowest BCUT2D eigenvalue weighted by molar-refractivity contribution is 0.355. The molecule has 0 atom stereocenters. The summed E-state index contributed by atoms with van der Waals surface area (Å²) in [4.78, 5) is 0. The van der Waals surface area contributed by atoms with Gasteiger partial charge in [-0.25, -0.2) is 0 Å². The Morgan fingerprint density at radius 2 is 1.03 bits per heavy atom. The van der Waals surface area contributed by atoms with Gasteiger partial charge in [0.25, 0.3) is 0 Å². The number of rotatable bonds is 16. The molecule has 0 amide bonds. The van der Waals surface area contributed by atoms with Gasteiger partial charge in [-0.1, -0.05) is 101 Å². The monoisotopic (exact) mass is 470 g/mol. The number of benzene rings is 3. The molecule has 0 heterocycles. The van der Waals surface area contributed by atoms with Gasteiger partial charge in [0.05, 0.1) is 18.8 Å². The van der Waals surface area contributed by atoms with Crippen LogP contribution >= 0.6 is 0 Å². The Bertz CT molecular complexity index is 968. The molecule has 3 rings (SSSR count). The molecule has 0 unspecified atom stereocenters. The summed E-state index contributed by atoms with van der Waals surface area (Å²) in [7, 11) is 0. The summed E-state index contributed by atoms with van der Waals surface area (Å²) in [6, 6.07) is 29.8. The minimum absolute atomic E-state index is 0.850. The van der Waals surface area contributed by atoms with Crippen LogP contribution in [-0.4, -0.2) is 13.1 Å². The molecule has 0 saturated heterocycles. The maximum Gasteiger partial charge on any atom is 0.165 e. The van der Waals surface area contributed by atoms with Crippen LogP contribution < -0.4 is 4.48 Å². The summed E-state index contributed by atoms with van der Waals surface area (Å²) in [6.45, 7) is 6.77. The molecular formula is C32H44N3+. The third kappa shape index (κ3) is 8.14. The fraction of sp³-hybridized carbons (Fsp3) is 0.438. The summed E-state index contributed by atoms with van der Waals surface area (Å²) in [5, 5.41) is 9.39. The van der Waals surface area contributed by atoms with Crippen LogP contribution in [0.2, 0.25) is 0 Å². The molecule has 0 aromatic heterocycles. The van der Waals surface area contributed by atoms with Gasteiger partial charge < -0.3 is 0 Å². The van der Waals surface area contributed by atoms with E-state index in [0.29, 0.717) is 0 Å². The van der Waals surface area contributed by atoms with Gasteiger partial charge in [0.15, 0.2) is 5.69 Å². The number of unbranched alkanes of at least 4 members (excludes halogenated alkanes) is 8. The maximum absolute atomic E-state index is 4.79. The lowest BCUT2D eigenvalue weighted by Crippen LogP contribution is -2.46. The van der Waals surface area contributed by atoms with Gasteiger partial charge in [0, 0.05) is 6.07 Å². The second-order valence-electron chi connectivity index (χ2n) is 9.60. The highest BCUT2D eigenvalue weighted by atomic mass is 15.4. The Labute approximate surface area is 213 Å². The summed E-state index contributed by atoms with van der Waals surface area (Å²) >= 11 is 0. The number of hydrogen-bond donors (Lipinski definition) is 0. The van der Waals surface area contributed by atoms with Crippen LogP contribution in [0.3, 0.4) is 0 Å². The summed E-state index contributed by atoms with van der Waals surface area (Å²) in [6.07, 6.45) is 12.8. The lowest BCUT2D eigenvalue weighted by atomic mass is 10.0. The first-order valence-corrected chi connectivity index (χ1v) is 13.8. The van der Waals surface area contributed by atoms with Crippen molar-refractivity contribution in [3.05, 3.63) is 84.9 Å². The van der Waals surface area contributed by atoms with E-state index in [2.05, 4.69) is 73.6 Å². The van der Waals surface area contributed by atoms with Crippen molar-refractivity contribution in [1.29, 1.82) is 0 Å². The predicted octanol–water partition coefficient (Wildman–Crippen LogP) is 10.7. The van der Waals surface area contributed by atoms with Crippen LogP contribution in [0.15, 0.2) is 95.2 Å². The molecule has 0 saturated carbocycles. The van der Waals surface area contributed by atoms with Gasteiger partial charge in [-0.05, 0) is 56.0 Å². The van der Waals surface area contributed by atoms with Gasteiger partial charge in [0.2, 0.25) is 0 Å². The van der Waals surface area contributed by atoms with Crippen molar-refractivity contribution >= 4 is 22.7 Å². The van der Waals surface area contributed by atoms with E-state index in [9.17, 15) is 0 Å². The normalized spacial score (nSPS) is 11.8. The van der Waals surface area contributed by atoms with Crippen LogP contribution in [0.25, 0.3) is 0 Å². The van der Waals surface area contributed by atoms with E-state index in [1.807, 2.05) is 30.3 Å². The van der Waals surface area contributed by atoms with Gasteiger partial charge in [-0.2, -0.15) is 5.11 Å². The van der Waals surface area contributed by atoms with Gasteiger partial charge in [0.1, 0.15) is 11.4 Å². The molecule has 3 heteroatoms. The number of azo groups is 1. The highest BCUT2D eigenvalue weighted by molar-refractivity contribution is 5.70. The Kier molecular flexibility index (Phi) is 11.7. The minimum Gasteiger partial charge on any atom is -0.257 e. The van der Waals surface area contributed by atoms with Crippen LogP contribution in [0.1, 0.15) is 78.1 Å². The Balaban J connectivity index is 1.99. The van der Waals surface area contributed by atoms with Crippen molar-refractivity contribution in [2.75, 3.05) is 13.1 Å². The van der Waals surface area contributed by atoms with E-state index in [4.69, 9.17) is 5.11 Å². The van der Waals surface area contributed by atoms with E-state index < -0.39 is 0 Å². The zero-order chi connectivity index (χ0) is 24.6. The summed E-state index contributed by atoms with van der Waals surface area (Å²) in [5.74, 6) is 0. The van der Waals surface area contributed by atoms with Crippen molar-refractivity contribution in [2.24, 2.45) is 10.2 Å². The number of nitrogens with zero attached hydrogens (tertiary/aromatic N) is 3. The average molecular weight is 471 g/mol. The van der Waals surface area contributed by atoms with E-state index >= 15 is 0 Å². The highest BCUT2D eigenvalue weighted by Gasteiger charge is 2.35. The molecule has 0 bridgehead atoms. The van der Waals surface area contributed by atoms with Gasteiger partial charge >= 0.3 is 0 Å². The van der Waals surface area contributed by atoms with Crippen molar-refractivity contribution in [2.45, 2.75) is 78.1 Å². The van der Waals surface area contributed by atoms with Crippen molar-refractivity contribution in [1.82, 2.24) is 4.48 Å². The molecule has 0 N–H and O–H groups in total. The van der Waals surface area contributed by atoms with Crippen LogP contribution in [0.5, 0.6) is 0 Å². The summed E-state index contributed by atoms with van der Waals surface area (Å²) in [5.41, 5.74) is 4.49. The quantitative estimate of drug-likeness (QED) is 0.113. The first kappa shape index (κ1) is 26.8. The van der Waals surface area contributed by atoms with E-state index in [1.165, 1.54) is 75.6 Å². The molecule has 3 aromatic rings. The molecule has 35 heavy (non-hydrogen) atoms. The SMILES string of the molecule is CCCCCCC[N+](CCCCCCC)(c1ccccc1)c1ccccc1N=Nc1ccccc1. The smallest absolute Gasteiger partial charge is 0.165 e. The summed E-state index contributed by atoms with van der Waals surface area (Å²) < 4.78 is 0.850. The standard InChI is InChI=1S/C32H44N3/c1-3-5-7-9-19-27-35(28-20-10-8-6-4-2,30-23-15-12-16-24-30)32-26-18-17-25-31(32)34-33-29-21-13-11-14-22-29/h11-18,21-26H,3-10,19-20,27-28H2,1-2H3/q+1. The molecule has 0 fully saturated rings. The van der Waals surface area contributed by atoms with Crippen molar-refractivity contribution < 1.29 is 0 Å². The Morgan fingerprint density at radius 1 is 0.514 bits per heavy atom. The second-order valence-corrected chi connectivity index (χ2v) is 9.60. The van der Waals surface area contributed by atoms with Crippen molar-refractivity contribution in [3.63, 3.8) is 0 Å². The zero-order valence-electron chi connectivity index (χ0n) is 21.9. The van der Waals surface area contributed by atoms with E-state index in [-0.39, 0.29) is 0 Å². The zero-order valence-corrected chi connectivity index (χ0v) is 21.9. The first-order chi connectivity index (χ1) is 17.3. The molecule has 0 aliphatic carbocycles. The average Bonchev–Trinajstić information content (AvgIpc) is 2.92. The number of para-hydroxylation sites is 2. The van der Waals surface area contributed by atoms with Crippen LogP contribution in [-0.2, 0) is 0 Å². The molecule has 3 aromatic carbocycles. The maximum atomic E-state index is 4.79. The van der Waals surface area contributed by atoms with E-state index in [0.717, 1.165) is 28.9 Å². The Morgan fingerprint density at radius 3 is 1.63 bits per heavy atom. The molecule has 0 aliphatic heterocycles. The molecule has 0 radical (unpaired) electrons. The van der Waals surface area contributed by atoms with Crippen LogP contribution in [0.4, 0.5) is 22.7 Å². The minimum atomic E-state index is 0.850. The topological polar surface area (TPSA) is 24.7 Å². The third-order valence-corrected chi connectivity index (χ3v) is 6.91. The van der Waals surface area contributed by atoms with Crippen molar-refractivity contribution in [3.8, 4) is 0 Å². The number of quaternary nitrogens is 1. The highest BCUT2D eigenvalue weighted by Crippen LogP contribution is 2.42. The lowest BCUT2D eigenvalue weighted by Gasteiger charge is -2.38. The van der Waals surface area contributed by atoms with Crippen LogP contribution in [0, 0.1) is 0 Å². The molecule has 3 nitrogen and oxygen atoms in total. The fourth-order valence-electron chi connectivity index (χ4n) is 4.95. The van der Waals surface area contributed by atoms with Gasteiger partial charge in [-0.15, -0.1) is 5.11 Å². The molecule has 186 valence electrons. The first-order valence-electron chi connectivity index (χ1n) is 13.8. The predicted molar refractivity (Wildman–Crippen MR) is 152 cm³/mol. The van der Waals surface area contributed by atoms with E-state index in [1.54, 1.807) is 0 Å². The number of hydrogen-bond acceptors (Lipinski definition) is 2.